The first-order chi connectivity index (χ1) is 33.2. The van der Waals surface area contributed by atoms with Crippen molar-refractivity contribution in [2.24, 2.45) is 23.7 Å². The summed E-state index contributed by atoms with van der Waals surface area (Å²) in [6.07, 6.45) is 17.9. The monoisotopic (exact) mass is 1030 g/mol. The molecule has 0 saturated carbocycles. The molecule has 0 fully saturated rings. The van der Waals surface area contributed by atoms with Crippen LogP contribution in [0.15, 0.2) is 35.0 Å². The third-order valence-electron chi connectivity index (χ3n) is 13.8. The molecule has 0 aliphatic rings. The van der Waals surface area contributed by atoms with Crippen LogP contribution in [0.2, 0.25) is 0 Å². The minimum atomic E-state index is -0.220. The second-order valence-corrected chi connectivity index (χ2v) is 24.7. The Kier molecular flexibility index (Phi) is 20.1. The molecule has 0 amide bonds. The first-order valence-electron chi connectivity index (χ1n) is 25.8. The second kappa shape index (κ2) is 25.9. The highest BCUT2D eigenvalue weighted by molar-refractivity contribution is 7.32. The van der Waals surface area contributed by atoms with Crippen molar-refractivity contribution in [3.05, 3.63) is 44.8 Å². The van der Waals surface area contributed by atoms with Crippen LogP contribution in [-0.4, -0.2) is 38.4 Å². The van der Waals surface area contributed by atoms with Gasteiger partial charge in [-0.15, -0.1) is 68.0 Å². The van der Waals surface area contributed by atoms with E-state index in [2.05, 4.69) is 78.3 Å². The molecular formula is C56H74O6S6. The Morgan fingerprint density at radius 1 is 0.456 bits per heavy atom. The van der Waals surface area contributed by atoms with E-state index in [1.807, 2.05) is 12.1 Å². The fraction of sp³-hybridized carbons (Fsp3) is 0.571. The summed E-state index contributed by atoms with van der Waals surface area (Å²) < 4.78 is 30.6. The number of fused-ring (bicyclic) bond motifs is 4. The van der Waals surface area contributed by atoms with Gasteiger partial charge in [0.05, 0.1) is 55.0 Å². The quantitative estimate of drug-likeness (QED) is 0.0418. The van der Waals surface area contributed by atoms with Crippen LogP contribution in [0.5, 0.6) is 11.5 Å². The molecule has 0 radical (unpaired) electrons. The summed E-state index contributed by atoms with van der Waals surface area (Å²) in [5.41, 5.74) is 0. The SMILES string of the molecule is CCCCC(CC)COC(=O)c1cc2csc(-c3cc4c(OCC(CC)CCCC)c5sc(-c6scc7cc(C(=O)OCC(CC)CCCC)sc67)cc5c(OCC(CC)CCCC)c4s3)c2s1. The molecule has 7 rings (SSSR count). The minimum absolute atomic E-state index is 0.220. The Balaban J connectivity index is 1.31. The van der Waals surface area contributed by atoms with Crippen molar-refractivity contribution in [1.82, 2.24) is 0 Å². The smallest absolute Gasteiger partial charge is 0.348 e. The zero-order chi connectivity index (χ0) is 48.2. The normalized spacial score (nSPS) is 13.8. The van der Waals surface area contributed by atoms with Gasteiger partial charge in [-0.1, -0.05) is 132 Å². The lowest BCUT2D eigenvalue weighted by molar-refractivity contribution is 0.0425. The molecule has 0 aliphatic carbocycles. The van der Waals surface area contributed by atoms with Crippen LogP contribution < -0.4 is 9.47 Å². The molecule has 7 aromatic rings. The van der Waals surface area contributed by atoms with E-state index in [0.29, 0.717) is 59.9 Å². The Hall–Kier alpha value is -3.00. The number of rotatable bonds is 30. The molecule has 6 nitrogen and oxygen atoms in total. The fourth-order valence-electron chi connectivity index (χ4n) is 8.97. The summed E-state index contributed by atoms with van der Waals surface area (Å²) in [6.45, 7) is 20.1. The lowest BCUT2D eigenvalue weighted by Gasteiger charge is -2.19. The van der Waals surface area contributed by atoms with Crippen molar-refractivity contribution in [3.63, 3.8) is 0 Å². The van der Waals surface area contributed by atoms with E-state index in [1.165, 1.54) is 35.4 Å². The molecule has 370 valence electrons. The number of unbranched alkanes of at least 4 members (excludes halogenated alkanes) is 4. The van der Waals surface area contributed by atoms with Gasteiger partial charge in [0.15, 0.2) is 0 Å². The van der Waals surface area contributed by atoms with Crippen molar-refractivity contribution < 1.29 is 28.5 Å². The number of ether oxygens (including phenoxy) is 4. The van der Waals surface area contributed by atoms with Crippen molar-refractivity contribution in [2.75, 3.05) is 26.4 Å². The first-order valence-corrected chi connectivity index (χ1v) is 30.9. The highest BCUT2D eigenvalue weighted by atomic mass is 32.1. The highest BCUT2D eigenvalue weighted by Crippen LogP contribution is 2.55. The van der Waals surface area contributed by atoms with Crippen molar-refractivity contribution in [1.29, 1.82) is 0 Å². The van der Waals surface area contributed by atoms with Crippen LogP contribution in [0.1, 0.15) is 177 Å². The van der Waals surface area contributed by atoms with Gasteiger partial charge in [0.2, 0.25) is 0 Å². The summed E-state index contributed by atoms with van der Waals surface area (Å²) in [6, 6.07) is 8.69. The topological polar surface area (TPSA) is 71.1 Å². The summed E-state index contributed by atoms with van der Waals surface area (Å²) in [4.78, 5) is 32.9. The number of carbonyl (C=O) groups excluding carboxylic acids is 2. The number of thiophene rings is 6. The first kappa shape index (κ1) is 52.8. The molecule has 0 aliphatic heterocycles. The maximum atomic E-state index is 13.5. The van der Waals surface area contributed by atoms with Crippen LogP contribution in [0, 0.1) is 23.7 Å². The summed E-state index contributed by atoms with van der Waals surface area (Å²) in [5, 5.41) is 8.72. The summed E-state index contributed by atoms with van der Waals surface area (Å²) >= 11 is 10.1. The summed E-state index contributed by atoms with van der Waals surface area (Å²) in [5.74, 6) is 3.14. The third-order valence-corrected chi connectivity index (χ3v) is 20.9. The molecule has 1 aromatic carbocycles. The largest absolute Gasteiger partial charge is 0.491 e. The van der Waals surface area contributed by atoms with Crippen LogP contribution in [-0.2, 0) is 9.47 Å². The molecule has 12 heteroatoms. The number of benzene rings is 1. The molecule has 0 N–H and O–H groups in total. The molecule has 6 aromatic heterocycles. The van der Waals surface area contributed by atoms with Gasteiger partial charge in [-0.2, -0.15) is 0 Å². The lowest BCUT2D eigenvalue weighted by Crippen LogP contribution is -2.13. The van der Waals surface area contributed by atoms with Gasteiger partial charge >= 0.3 is 11.9 Å². The van der Waals surface area contributed by atoms with Gasteiger partial charge in [0.25, 0.3) is 0 Å². The van der Waals surface area contributed by atoms with Gasteiger partial charge in [0, 0.05) is 42.1 Å². The van der Waals surface area contributed by atoms with Crippen molar-refractivity contribution in [2.45, 2.75) is 158 Å². The number of hydrogen-bond donors (Lipinski definition) is 0. The molecular weight excluding hydrogens is 961 g/mol. The average Bonchev–Trinajstić information content (AvgIpc) is 4.22. The molecule has 6 heterocycles. The minimum Gasteiger partial charge on any atom is -0.491 e. The van der Waals surface area contributed by atoms with E-state index in [1.54, 1.807) is 68.0 Å². The van der Waals surface area contributed by atoms with Crippen molar-refractivity contribution >= 4 is 120 Å². The standard InChI is InChI=1S/C56H74O6S6/c1-9-17-21-35(13-5)29-59-47-41-27-43(53-49-39(33-63-53)25-45(67-49)55(57)61-31-37(15-7)23-19-11-3)66-52(41)48(60-30-36(14-6)22-18-10-2)42-28-44(65-51(42)47)54-50-40(34-64-54)26-46(68-50)56(58)62-32-38(16-8)24-20-12-4/h25-28,33-38H,9-24,29-32H2,1-8H3. The maximum absolute atomic E-state index is 13.5. The Morgan fingerprint density at radius 2 is 0.809 bits per heavy atom. The average molecular weight is 1040 g/mol. The molecule has 4 unspecified atom stereocenters. The number of carbonyl (C=O) groups is 2. The maximum Gasteiger partial charge on any atom is 0.348 e. The van der Waals surface area contributed by atoms with Crippen molar-refractivity contribution in [3.8, 4) is 31.0 Å². The zero-order valence-corrected chi connectivity index (χ0v) is 46.7. The van der Waals surface area contributed by atoms with Gasteiger partial charge in [-0.05, 0) is 73.6 Å². The second-order valence-electron chi connectivity index (χ2n) is 18.8. The Bertz CT molecular complexity index is 2450. The van der Waals surface area contributed by atoms with Gasteiger partial charge in [-0.3, -0.25) is 0 Å². The molecule has 68 heavy (non-hydrogen) atoms. The van der Waals surface area contributed by atoms with Crippen LogP contribution >= 0.6 is 68.0 Å². The number of hydrogen-bond acceptors (Lipinski definition) is 12. The van der Waals surface area contributed by atoms with E-state index in [0.717, 1.165) is 139 Å². The van der Waals surface area contributed by atoms with E-state index >= 15 is 0 Å². The predicted molar refractivity (Wildman–Crippen MR) is 299 cm³/mol. The Labute approximate surface area is 429 Å². The number of esters is 2. The molecule has 0 spiro atoms. The van der Waals surface area contributed by atoms with Gasteiger partial charge < -0.3 is 18.9 Å². The van der Waals surface area contributed by atoms with Crippen LogP contribution in [0.3, 0.4) is 0 Å². The molecule has 0 bridgehead atoms. The zero-order valence-electron chi connectivity index (χ0n) is 41.8. The van der Waals surface area contributed by atoms with E-state index in [4.69, 9.17) is 18.9 Å². The highest BCUT2D eigenvalue weighted by Gasteiger charge is 2.27. The van der Waals surface area contributed by atoms with E-state index < -0.39 is 0 Å². The van der Waals surface area contributed by atoms with Gasteiger partial charge in [-0.25, -0.2) is 9.59 Å². The predicted octanol–water partition coefficient (Wildman–Crippen LogP) is 19.9. The molecule has 4 atom stereocenters. The van der Waals surface area contributed by atoms with Crippen LogP contribution in [0.25, 0.3) is 59.9 Å². The third kappa shape index (κ3) is 12.5. The lowest BCUT2D eigenvalue weighted by atomic mass is 10.0. The van der Waals surface area contributed by atoms with E-state index in [9.17, 15) is 9.59 Å². The van der Waals surface area contributed by atoms with E-state index in [-0.39, 0.29) is 11.9 Å². The van der Waals surface area contributed by atoms with Gasteiger partial charge in [0.1, 0.15) is 21.3 Å². The fourth-order valence-corrected chi connectivity index (χ4v) is 16.2. The Morgan fingerprint density at radius 3 is 1.15 bits per heavy atom. The molecule has 0 saturated heterocycles. The summed E-state index contributed by atoms with van der Waals surface area (Å²) in [7, 11) is 0. The van der Waals surface area contributed by atoms with Crippen LogP contribution in [0.4, 0.5) is 0 Å².